The SMILES string of the molecule is C=C(C)OCCCCC(O)CC. The summed E-state index contributed by atoms with van der Waals surface area (Å²) in [5, 5.41) is 9.21. The van der Waals surface area contributed by atoms with Crippen LogP contribution in [0.4, 0.5) is 0 Å². The fraction of sp³-hybridized carbons (Fsp3) is 0.800. The van der Waals surface area contributed by atoms with Gasteiger partial charge < -0.3 is 9.84 Å². The van der Waals surface area contributed by atoms with Crippen LogP contribution in [-0.4, -0.2) is 17.8 Å². The molecule has 0 spiro atoms. The molecule has 2 heteroatoms. The van der Waals surface area contributed by atoms with Crippen molar-refractivity contribution in [2.24, 2.45) is 0 Å². The molecule has 0 bridgehead atoms. The molecule has 0 fully saturated rings. The van der Waals surface area contributed by atoms with E-state index < -0.39 is 0 Å². The molecule has 1 N–H and O–H groups in total. The number of allylic oxidation sites excluding steroid dienone is 1. The van der Waals surface area contributed by atoms with Crippen LogP contribution in [0, 0.1) is 0 Å². The van der Waals surface area contributed by atoms with E-state index in [2.05, 4.69) is 6.58 Å². The first kappa shape index (κ1) is 11.5. The van der Waals surface area contributed by atoms with Gasteiger partial charge in [-0.05, 0) is 32.6 Å². The summed E-state index contributed by atoms with van der Waals surface area (Å²) < 4.78 is 5.18. The van der Waals surface area contributed by atoms with E-state index >= 15 is 0 Å². The number of rotatable bonds is 7. The van der Waals surface area contributed by atoms with Crippen molar-refractivity contribution in [1.82, 2.24) is 0 Å². The van der Waals surface area contributed by atoms with Gasteiger partial charge in [-0.1, -0.05) is 13.5 Å². The summed E-state index contributed by atoms with van der Waals surface area (Å²) in [4.78, 5) is 0. The predicted molar refractivity (Wildman–Crippen MR) is 50.9 cm³/mol. The Balaban J connectivity index is 3.05. The molecule has 2 nitrogen and oxygen atoms in total. The lowest BCUT2D eigenvalue weighted by Gasteiger charge is -2.07. The number of hydrogen-bond donors (Lipinski definition) is 1. The van der Waals surface area contributed by atoms with E-state index in [1.54, 1.807) is 0 Å². The topological polar surface area (TPSA) is 29.5 Å². The third-order valence-corrected chi connectivity index (χ3v) is 1.75. The molecule has 0 aromatic rings. The van der Waals surface area contributed by atoms with Gasteiger partial charge in [0.2, 0.25) is 0 Å². The van der Waals surface area contributed by atoms with Crippen LogP contribution >= 0.6 is 0 Å². The Labute approximate surface area is 75.2 Å². The normalized spacial score (nSPS) is 12.6. The molecule has 0 heterocycles. The van der Waals surface area contributed by atoms with E-state index in [0.29, 0.717) is 0 Å². The molecule has 0 aliphatic heterocycles. The molecule has 0 rings (SSSR count). The number of aliphatic hydroxyl groups excluding tert-OH is 1. The quantitative estimate of drug-likeness (QED) is 0.472. The van der Waals surface area contributed by atoms with E-state index in [-0.39, 0.29) is 6.10 Å². The maximum absolute atomic E-state index is 9.21. The second-order valence-corrected chi connectivity index (χ2v) is 3.11. The minimum atomic E-state index is -0.130. The van der Waals surface area contributed by atoms with Crippen molar-refractivity contribution in [3.63, 3.8) is 0 Å². The molecule has 12 heavy (non-hydrogen) atoms. The summed E-state index contributed by atoms with van der Waals surface area (Å²) in [6, 6.07) is 0. The maximum atomic E-state index is 9.21. The molecule has 0 aliphatic carbocycles. The van der Waals surface area contributed by atoms with Crippen LogP contribution in [0.1, 0.15) is 39.5 Å². The summed E-state index contributed by atoms with van der Waals surface area (Å²) in [7, 11) is 0. The molecule has 72 valence electrons. The third kappa shape index (κ3) is 7.61. The van der Waals surface area contributed by atoms with Crippen molar-refractivity contribution >= 4 is 0 Å². The van der Waals surface area contributed by atoms with Crippen molar-refractivity contribution < 1.29 is 9.84 Å². The molecule has 0 aromatic carbocycles. The van der Waals surface area contributed by atoms with E-state index in [1.165, 1.54) is 0 Å². The lowest BCUT2D eigenvalue weighted by Crippen LogP contribution is -2.04. The highest BCUT2D eigenvalue weighted by Gasteiger charge is 1.99. The van der Waals surface area contributed by atoms with Crippen LogP contribution in [0.2, 0.25) is 0 Å². The van der Waals surface area contributed by atoms with Gasteiger partial charge in [0.05, 0.1) is 18.5 Å². The largest absolute Gasteiger partial charge is 0.499 e. The van der Waals surface area contributed by atoms with Gasteiger partial charge in [0.1, 0.15) is 0 Å². The van der Waals surface area contributed by atoms with Gasteiger partial charge in [-0.3, -0.25) is 0 Å². The second kappa shape index (κ2) is 7.17. The van der Waals surface area contributed by atoms with Gasteiger partial charge >= 0.3 is 0 Å². The number of unbranched alkanes of at least 4 members (excludes halogenated alkanes) is 1. The van der Waals surface area contributed by atoms with Gasteiger partial charge in [-0.15, -0.1) is 0 Å². The fourth-order valence-corrected chi connectivity index (χ4v) is 0.933. The zero-order chi connectivity index (χ0) is 9.40. The van der Waals surface area contributed by atoms with Gasteiger partial charge in [-0.25, -0.2) is 0 Å². The number of ether oxygens (including phenoxy) is 1. The van der Waals surface area contributed by atoms with Crippen molar-refractivity contribution in [1.29, 1.82) is 0 Å². The maximum Gasteiger partial charge on any atom is 0.0876 e. The van der Waals surface area contributed by atoms with E-state index in [0.717, 1.165) is 38.0 Å². The monoisotopic (exact) mass is 172 g/mol. The standard InChI is InChI=1S/C10H20O2/c1-4-10(11)7-5-6-8-12-9(2)3/h10-11H,2,4-8H2,1,3H3. The van der Waals surface area contributed by atoms with E-state index in [4.69, 9.17) is 4.74 Å². The minimum Gasteiger partial charge on any atom is -0.499 e. The minimum absolute atomic E-state index is 0.130. The van der Waals surface area contributed by atoms with Crippen molar-refractivity contribution in [3.05, 3.63) is 12.3 Å². The van der Waals surface area contributed by atoms with Crippen LogP contribution in [0.15, 0.2) is 12.3 Å². The van der Waals surface area contributed by atoms with Crippen LogP contribution in [0.5, 0.6) is 0 Å². The van der Waals surface area contributed by atoms with Gasteiger partial charge in [-0.2, -0.15) is 0 Å². The molecule has 0 saturated carbocycles. The zero-order valence-electron chi connectivity index (χ0n) is 8.18. The average molecular weight is 172 g/mol. The molecule has 0 aromatic heterocycles. The predicted octanol–water partition coefficient (Wildman–Crippen LogP) is 2.48. The Morgan fingerprint density at radius 3 is 2.67 bits per heavy atom. The second-order valence-electron chi connectivity index (χ2n) is 3.11. The summed E-state index contributed by atoms with van der Waals surface area (Å²) in [5.74, 6) is 0.769. The van der Waals surface area contributed by atoms with Crippen LogP contribution in [0.3, 0.4) is 0 Å². The van der Waals surface area contributed by atoms with E-state index in [1.807, 2.05) is 13.8 Å². The molecule has 1 atom stereocenters. The van der Waals surface area contributed by atoms with Crippen LogP contribution < -0.4 is 0 Å². The van der Waals surface area contributed by atoms with Crippen LogP contribution in [-0.2, 0) is 4.74 Å². The van der Waals surface area contributed by atoms with Crippen molar-refractivity contribution in [2.45, 2.75) is 45.6 Å². The summed E-state index contributed by atoms with van der Waals surface area (Å²) in [6.07, 6.45) is 3.64. The highest BCUT2D eigenvalue weighted by molar-refractivity contribution is 4.73. The average Bonchev–Trinajstić information content (AvgIpc) is 2.03. The van der Waals surface area contributed by atoms with E-state index in [9.17, 15) is 5.11 Å². The van der Waals surface area contributed by atoms with Gasteiger partial charge in [0.25, 0.3) is 0 Å². The Morgan fingerprint density at radius 2 is 2.17 bits per heavy atom. The Bertz CT molecular complexity index is 121. The third-order valence-electron chi connectivity index (χ3n) is 1.75. The molecule has 0 amide bonds. The van der Waals surface area contributed by atoms with Crippen molar-refractivity contribution in [2.75, 3.05) is 6.61 Å². The fourth-order valence-electron chi connectivity index (χ4n) is 0.933. The number of aliphatic hydroxyl groups is 1. The lowest BCUT2D eigenvalue weighted by molar-refractivity contribution is 0.149. The molecular formula is C10H20O2. The Hall–Kier alpha value is -0.500. The summed E-state index contributed by atoms with van der Waals surface area (Å²) in [5.41, 5.74) is 0. The smallest absolute Gasteiger partial charge is 0.0876 e. The molecular weight excluding hydrogens is 152 g/mol. The first-order chi connectivity index (χ1) is 5.66. The van der Waals surface area contributed by atoms with Gasteiger partial charge in [0, 0.05) is 0 Å². The Kier molecular flexibility index (Phi) is 6.87. The highest BCUT2D eigenvalue weighted by Crippen LogP contribution is 2.04. The zero-order valence-corrected chi connectivity index (χ0v) is 8.18. The molecule has 0 saturated heterocycles. The first-order valence-electron chi connectivity index (χ1n) is 4.63. The molecule has 1 unspecified atom stereocenters. The number of hydrogen-bond acceptors (Lipinski definition) is 2. The summed E-state index contributed by atoms with van der Waals surface area (Å²) in [6.45, 7) is 8.20. The summed E-state index contributed by atoms with van der Waals surface area (Å²) >= 11 is 0. The lowest BCUT2D eigenvalue weighted by atomic mass is 10.1. The highest BCUT2D eigenvalue weighted by atomic mass is 16.5. The Morgan fingerprint density at radius 1 is 1.50 bits per heavy atom. The first-order valence-corrected chi connectivity index (χ1v) is 4.63. The molecule has 0 radical (unpaired) electrons. The van der Waals surface area contributed by atoms with Gasteiger partial charge in [0.15, 0.2) is 0 Å². The van der Waals surface area contributed by atoms with Crippen molar-refractivity contribution in [3.8, 4) is 0 Å². The molecule has 0 aliphatic rings. The van der Waals surface area contributed by atoms with Crippen LogP contribution in [0.25, 0.3) is 0 Å².